The van der Waals surface area contributed by atoms with Crippen LogP contribution in [0.1, 0.15) is 2.85 Å². The maximum atomic E-state index is 8.19. The molecule has 0 rings (SSSR count). The molecular weight excluding hydrogens is 162 g/mol. The normalized spacial score (nSPS) is 0.750. The third-order valence-electron chi connectivity index (χ3n) is 0. The molecular formula is H2CaMnOV. The summed E-state index contributed by atoms with van der Waals surface area (Å²) in [4.78, 5) is 0. The first-order valence-corrected chi connectivity index (χ1v) is 0.753. The fourth-order valence-electron chi connectivity index (χ4n) is 0. The van der Waals surface area contributed by atoms with Crippen LogP contribution in [0.3, 0.4) is 0 Å². The average Bonchev–Trinajstić information content (AvgIpc) is 1.00. The van der Waals surface area contributed by atoms with Crippen LogP contribution in [0.5, 0.6) is 0 Å². The second kappa shape index (κ2) is 19.1. The summed E-state index contributed by atoms with van der Waals surface area (Å²) < 4.78 is 8.19. The summed E-state index contributed by atoms with van der Waals surface area (Å²) in [6, 6.07) is 0. The number of hydrogen-bond acceptors (Lipinski definition) is 1. The summed E-state index contributed by atoms with van der Waals surface area (Å²) in [6.07, 6.45) is 0. The Morgan fingerprint density at radius 1 is 1.50 bits per heavy atom. The first-order chi connectivity index (χ1) is 1.00. The molecule has 0 aliphatic heterocycles. The summed E-state index contributed by atoms with van der Waals surface area (Å²) in [5.41, 5.74) is 0. The quantitative estimate of drug-likeness (QED) is 0.450. The van der Waals surface area contributed by atoms with E-state index in [0.717, 1.165) is 17.4 Å². The molecule has 0 aromatic rings. The molecule has 1 nitrogen and oxygen atoms in total. The van der Waals surface area contributed by atoms with Gasteiger partial charge in [0.2, 0.25) is 0 Å². The predicted octanol–water partition coefficient (Wildman–Crippen LogP) is -0.280. The molecule has 22 valence electrons. The van der Waals surface area contributed by atoms with Crippen molar-refractivity contribution in [2.24, 2.45) is 0 Å². The maximum absolute atomic E-state index is 8.19. The Labute approximate surface area is 77.5 Å². The van der Waals surface area contributed by atoms with Gasteiger partial charge >= 0.3 is 58.8 Å². The molecule has 0 aromatic carbocycles. The van der Waals surface area contributed by atoms with Gasteiger partial charge in [-0.2, -0.15) is 0 Å². The summed E-state index contributed by atoms with van der Waals surface area (Å²) in [5.74, 6) is 0. The van der Waals surface area contributed by atoms with Gasteiger partial charge in [-0.15, -0.1) is 0 Å². The Bertz CT molecular complexity index is 13.5. The third-order valence-corrected chi connectivity index (χ3v) is 0. The van der Waals surface area contributed by atoms with Crippen molar-refractivity contribution in [1.29, 1.82) is 0 Å². The molecule has 0 spiro atoms. The second-order valence-corrected chi connectivity index (χ2v) is 0. The van der Waals surface area contributed by atoms with E-state index in [-0.39, 0.29) is 57.7 Å². The van der Waals surface area contributed by atoms with Crippen LogP contribution in [0.25, 0.3) is 0 Å². The fraction of sp³-hybridized carbons (Fsp3) is 0. The van der Waals surface area contributed by atoms with E-state index in [2.05, 4.69) is 0 Å². The molecule has 0 aromatic heterocycles. The molecule has 0 bridgehead atoms. The van der Waals surface area contributed by atoms with E-state index in [1.165, 1.54) is 0 Å². The molecule has 0 aliphatic rings. The molecule has 0 N–H and O–H groups in total. The van der Waals surface area contributed by atoms with Gasteiger partial charge in [-0.1, -0.05) is 0 Å². The van der Waals surface area contributed by atoms with Crippen LogP contribution in [0.2, 0.25) is 0 Å². The van der Waals surface area contributed by atoms with Crippen molar-refractivity contribution in [3.8, 4) is 0 Å². The van der Waals surface area contributed by atoms with Gasteiger partial charge in [0.25, 0.3) is 0 Å². The van der Waals surface area contributed by atoms with Crippen LogP contribution >= 0.6 is 0 Å². The van der Waals surface area contributed by atoms with Gasteiger partial charge in [0, 0.05) is 17.1 Å². The first-order valence-electron chi connectivity index (χ1n) is 0.183. The van der Waals surface area contributed by atoms with Gasteiger partial charge in [-0.3, -0.25) is 0 Å². The van der Waals surface area contributed by atoms with Crippen molar-refractivity contribution >= 4 is 37.7 Å². The van der Waals surface area contributed by atoms with Gasteiger partial charge in [0.1, 0.15) is 0 Å². The summed E-state index contributed by atoms with van der Waals surface area (Å²) in [7, 11) is 0. The zero-order chi connectivity index (χ0) is 2.00. The zero-order valence-corrected chi connectivity index (χ0v) is 6.73. The van der Waals surface area contributed by atoms with Crippen LogP contribution in [0, 0.1) is 0 Å². The standard InChI is InChI=1S/Ca.Mn.O.V.2H/q+2;;;;2*-1. The van der Waals surface area contributed by atoms with E-state index in [9.17, 15) is 0 Å². The summed E-state index contributed by atoms with van der Waals surface area (Å²) in [5, 5.41) is 0. The van der Waals surface area contributed by atoms with Gasteiger partial charge in [0.05, 0.1) is 0 Å². The van der Waals surface area contributed by atoms with Gasteiger partial charge < -0.3 is 2.85 Å². The molecule has 0 aliphatic carbocycles. The Morgan fingerprint density at radius 3 is 1.50 bits per heavy atom. The summed E-state index contributed by atoms with van der Waals surface area (Å²) in [6.45, 7) is 0. The van der Waals surface area contributed by atoms with Gasteiger partial charge in [-0.05, 0) is 0 Å². The van der Waals surface area contributed by atoms with Crippen molar-refractivity contribution in [1.82, 2.24) is 0 Å². The van der Waals surface area contributed by atoms with E-state index >= 15 is 0 Å². The van der Waals surface area contributed by atoms with Crippen LogP contribution in [0.4, 0.5) is 0 Å². The van der Waals surface area contributed by atoms with Crippen molar-refractivity contribution < 1.29 is 41.0 Å². The van der Waals surface area contributed by atoms with Gasteiger partial charge in [0.15, 0.2) is 0 Å². The van der Waals surface area contributed by atoms with E-state index in [1.54, 1.807) is 0 Å². The molecule has 4 heavy (non-hydrogen) atoms. The Kier molecular flexibility index (Phi) is 78.5. The molecule has 0 amide bonds. The average molecular weight is 164 g/mol. The summed E-state index contributed by atoms with van der Waals surface area (Å²) >= 11 is 1.06. The first kappa shape index (κ1) is 16.4. The molecule has 4 heteroatoms. The Hall–Kier alpha value is 2.16. The van der Waals surface area contributed by atoms with E-state index in [1.807, 2.05) is 0 Å². The molecule has 1 radical (unpaired) electrons. The van der Waals surface area contributed by atoms with Gasteiger partial charge in [-0.25, -0.2) is 0 Å². The Morgan fingerprint density at radius 2 is 1.50 bits per heavy atom. The fourth-order valence-corrected chi connectivity index (χ4v) is 0. The van der Waals surface area contributed by atoms with Crippen molar-refractivity contribution in [3.63, 3.8) is 0 Å². The zero-order valence-electron chi connectivity index (χ0n) is 3.94. The number of rotatable bonds is 0. The SMILES string of the molecule is [Ca+2].[H-].[H-].[Mn].[O]=[V]. The Balaban J connectivity index is -0.000000000833. The van der Waals surface area contributed by atoms with Crippen LogP contribution in [-0.4, -0.2) is 37.7 Å². The molecule has 0 fully saturated rings. The van der Waals surface area contributed by atoms with E-state index < -0.39 is 0 Å². The molecule has 0 heterocycles. The topological polar surface area (TPSA) is 17.1 Å². The minimum atomic E-state index is 0. The molecule has 0 unspecified atom stereocenters. The van der Waals surface area contributed by atoms with Crippen LogP contribution in [0.15, 0.2) is 0 Å². The van der Waals surface area contributed by atoms with E-state index in [4.69, 9.17) is 3.67 Å². The third kappa shape index (κ3) is 8.90. The second-order valence-electron chi connectivity index (χ2n) is 0. The van der Waals surface area contributed by atoms with Crippen LogP contribution in [-0.2, 0) is 38.1 Å². The van der Waals surface area contributed by atoms with Crippen LogP contribution < -0.4 is 0 Å². The van der Waals surface area contributed by atoms with Crippen molar-refractivity contribution in [2.75, 3.05) is 0 Å². The molecule has 0 saturated carbocycles. The predicted molar refractivity (Wildman–Crippen MR) is 8.66 cm³/mol. The number of hydrogen-bond donors (Lipinski definition) is 0. The van der Waals surface area contributed by atoms with E-state index in [0.29, 0.717) is 0 Å². The minimum absolute atomic E-state index is 0. The van der Waals surface area contributed by atoms with Crippen molar-refractivity contribution in [3.05, 3.63) is 0 Å². The van der Waals surface area contributed by atoms with Crippen molar-refractivity contribution in [2.45, 2.75) is 0 Å². The monoisotopic (exact) mass is 164 g/mol. The molecule has 0 saturated heterocycles. The molecule has 0 atom stereocenters.